The summed E-state index contributed by atoms with van der Waals surface area (Å²) in [7, 11) is 1.96. The third kappa shape index (κ3) is 2.99. The number of anilines is 1. The first-order valence-corrected chi connectivity index (χ1v) is 8.09. The van der Waals surface area contributed by atoms with E-state index in [4.69, 9.17) is 11.6 Å². The maximum atomic E-state index is 6.12. The molecule has 0 spiro atoms. The highest BCUT2D eigenvalue weighted by atomic mass is 79.9. The van der Waals surface area contributed by atoms with Gasteiger partial charge in [0.05, 0.1) is 0 Å². The SMILES string of the molecule is CNc1ccc(Cl)cc1C1CCCC(Br)C1Br. The summed E-state index contributed by atoms with van der Waals surface area (Å²) in [6.45, 7) is 0. The second-order valence-electron chi connectivity index (χ2n) is 4.48. The van der Waals surface area contributed by atoms with Crippen LogP contribution in [0.25, 0.3) is 0 Å². The van der Waals surface area contributed by atoms with Crippen LogP contribution in [0.1, 0.15) is 30.7 Å². The summed E-state index contributed by atoms with van der Waals surface area (Å²) in [6, 6.07) is 6.10. The molecule has 3 unspecified atom stereocenters. The van der Waals surface area contributed by atoms with Gasteiger partial charge in [-0.15, -0.1) is 0 Å². The lowest BCUT2D eigenvalue weighted by Gasteiger charge is -2.33. The molecule has 0 saturated heterocycles. The lowest BCUT2D eigenvalue weighted by molar-refractivity contribution is 0.476. The molecule has 0 heterocycles. The Balaban J connectivity index is 2.34. The molecule has 2 rings (SSSR count). The average molecular weight is 382 g/mol. The van der Waals surface area contributed by atoms with Crippen molar-refractivity contribution in [3.8, 4) is 0 Å². The van der Waals surface area contributed by atoms with Gasteiger partial charge in [0.25, 0.3) is 0 Å². The Bertz CT molecular complexity index is 397. The lowest BCUT2D eigenvalue weighted by Crippen LogP contribution is -2.27. The van der Waals surface area contributed by atoms with Crippen molar-refractivity contribution < 1.29 is 0 Å². The van der Waals surface area contributed by atoms with Crippen LogP contribution in [0, 0.1) is 0 Å². The number of halogens is 3. The first-order chi connectivity index (χ1) is 8.13. The molecule has 0 amide bonds. The molecule has 1 N–H and O–H groups in total. The van der Waals surface area contributed by atoms with Gasteiger partial charge in [0, 0.05) is 27.4 Å². The monoisotopic (exact) mass is 379 g/mol. The van der Waals surface area contributed by atoms with Gasteiger partial charge in [-0.1, -0.05) is 49.9 Å². The van der Waals surface area contributed by atoms with Crippen LogP contribution in [0.15, 0.2) is 18.2 Å². The highest BCUT2D eigenvalue weighted by Crippen LogP contribution is 2.43. The molecule has 1 fully saturated rings. The van der Waals surface area contributed by atoms with Crippen LogP contribution in [0.3, 0.4) is 0 Å². The third-order valence-electron chi connectivity index (χ3n) is 3.41. The molecule has 17 heavy (non-hydrogen) atoms. The molecule has 0 bridgehead atoms. The minimum atomic E-state index is 0.474. The Morgan fingerprint density at radius 2 is 2.06 bits per heavy atom. The summed E-state index contributed by atoms with van der Waals surface area (Å²) in [5, 5.41) is 4.08. The molecule has 3 atom stereocenters. The van der Waals surface area contributed by atoms with Crippen molar-refractivity contribution in [3.05, 3.63) is 28.8 Å². The number of benzene rings is 1. The van der Waals surface area contributed by atoms with Crippen molar-refractivity contribution in [3.63, 3.8) is 0 Å². The van der Waals surface area contributed by atoms with Gasteiger partial charge < -0.3 is 5.32 Å². The largest absolute Gasteiger partial charge is 0.388 e. The zero-order chi connectivity index (χ0) is 12.4. The lowest BCUT2D eigenvalue weighted by atomic mass is 9.83. The van der Waals surface area contributed by atoms with E-state index in [1.807, 2.05) is 13.1 Å². The van der Waals surface area contributed by atoms with Crippen LogP contribution < -0.4 is 5.32 Å². The van der Waals surface area contributed by atoms with Gasteiger partial charge in [-0.05, 0) is 42.5 Å². The van der Waals surface area contributed by atoms with E-state index in [1.165, 1.54) is 30.5 Å². The van der Waals surface area contributed by atoms with Gasteiger partial charge in [0.1, 0.15) is 0 Å². The van der Waals surface area contributed by atoms with Gasteiger partial charge in [-0.25, -0.2) is 0 Å². The van der Waals surface area contributed by atoms with Gasteiger partial charge in [0.2, 0.25) is 0 Å². The summed E-state index contributed by atoms with van der Waals surface area (Å²) in [4.78, 5) is 1.02. The van der Waals surface area contributed by atoms with Gasteiger partial charge in [0.15, 0.2) is 0 Å². The van der Waals surface area contributed by atoms with Crippen LogP contribution >= 0.6 is 43.5 Å². The normalized spacial score (nSPS) is 29.1. The molecule has 1 nitrogen and oxygen atoms in total. The summed E-state index contributed by atoms with van der Waals surface area (Å²) >= 11 is 13.7. The van der Waals surface area contributed by atoms with E-state index in [0.717, 1.165) is 5.02 Å². The van der Waals surface area contributed by atoms with Crippen molar-refractivity contribution in [2.75, 3.05) is 12.4 Å². The molecule has 0 aliphatic heterocycles. The maximum absolute atomic E-state index is 6.12. The minimum absolute atomic E-state index is 0.474. The predicted molar refractivity (Wildman–Crippen MR) is 83.0 cm³/mol. The quantitative estimate of drug-likeness (QED) is 0.697. The Kier molecular flexibility index (Phi) is 4.79. The van der Waals surface area contributed by atoms with E-state index in [9.17, 15) is 0 Å². The number of alkyl halides is 2. The average Bonchev–Trinajstić information content (AvgIpc) is 2.33. The zero-order valence-corrected chi connectivity index (χ0v) is 13.6. The summed E-state index contributed by atoms with van der Waals surface area (Å²) < 4.78 is 0. The van der Waals surface area contributed by atoms with Crippen molar-refractivity contribution in [1.29, 1.82) is 0 Å². The van der Waals surface area contributed by atoms with Crippen LogP contribution in [0.5, 0.6) is 0 Å². The highest BCUT2D eigenvalue weighted by Gasteiger charge is 2.32. The fourth-order valence-corrected chi connectivity index (χ4v) is 4.18. The summed E-state index contributed by atoms with van der Waals surface area (Å²) in [5.74, 6) is 0.522. The fraction of sp³-hybridized carbons (Fsp3) is 0.538. The molecule has 94 valence electrons. The zero-order valence-electron chi connectivity index (χ0n) is 9.72. The van der Waals surface area contributed by atoms with Crippen LogP contribution in [0.2, 0.25) is 5.02 Å². The van der Waals surface area contributed by atoms with Crippen molar-refractivity contribution in [2.45, 2.75) is 34.8 Å². The van der Waals surface area contributed by atoms with Crippen LogP contribution in [-0.2, 0) is 0 Å². The number of hydrogen-bond acceptors (Lipinski definition) is 1. The maximum Gasteiger partial charge on any atom is 0.0410 e. The molecular formula is C13H16Br2ClN. The van der Waals surface area contributed by atoms with Gasteiger partial charge >= 0.3 is 0 Å². The van der Waals surface area contributed by atoms with Gasteiger partial charge in [-0.3, -0.25) is 0 Å². The van der Waals surface area contributed by atoms with Crippen molar-refractivity contribution in [1.82, 2.24) is 0 Å². The summed E-state index contributed by atoms with van der Waals surface area (Å²) in [6.07, 6.45) is 3.72. The third-order valence-corrected chi connectivity index (χ3v) is 6.66. The Hall–Kier alpha value is 0.270. The van der Waals surface area contributed by atoms with Crippen molar-refractivity contribution in [2.24, 2.45) is 0 Å². The standard InChI is InChI=1S/C13H16Br2ClN/c1-17-12-6-5-8(16)7-10(12)9-3-2-4-11(14)13(9)15/h5-7,9,11,13,17H,2-4H2,1H3. The predicted octanol–water partition coefficient (Wildman–Crippen LogP) is 5.18. The van der Waals surface area contributed by atoms with Crippen molar-refractivity contribution >= 4 is 49.1 Å². The molecule has 0 aromatic heterocycles. The van der Waals surface area contributed by atoms with E-state index < -0.39 is 0 Å². The highest BCUT2D eigenvalue weighted by molar-refractivity contribution is 9.12. The molecule has 1 aromatic rings. The van der Waals surface area contributed by atoms with E-state index in [-0.39, 0.29) is 0 Å². The van der Waals surface area contributed by atoms with Gasteiger partial charge in [-0.2, -0.15) is 0 Å². The molecular weight excluding hydrogens is 365 g/mol. The van der Waals surface area contributed by atoms with E-state index in [2.05, 4.69) is 49.3 Å². The second-order valence-corrected chi connectivity index (χ2v) is 7.15. The smallest absolute Gasteiger partial charge is 0.0410 e. The van der Waals surface area contributed by atoms with Crippen LogP contribution in [0.4, 0.5) is 5.69 Å². The van der Waals surface area contributed by atoms with E-state index in [1.54, 1.807) is 0 Å². The number of hydrogen-bond donors (Lipinski definition) is 1. The van der Waals surface area contributed by atoms with Crippen LogP contribution in [-0.4, -0.2) is 16.7 Å². The number of rotatable bonds is 2. The Labute approximate surface area is 125 Å². The first kappa shape index (κ1) is 13.7. The fourth-order valence-electron chi connectivity index (χ4n) is 2.50. The minimum Gasteiger partial charge on any atom is -0.388 e. The molecule has 1 aliphatic rings. The topological polar surface area (TPSA) is 12.0 Å². The Morgan fingerprint density at radius 3 is 2.76 bits per heavy atom. The Morgan fingerprint density at radius 1 is 1.29 bits per heavy atom. The molecule has 0 radical (unpaired) electrons. The van der Waals surface area contributed by atoms with E-state index in [0.29, 0.717) is 15.6 Å². The molecule has 1 aliphatic carbocycles. The van der Waals surface area contributed by atoms with E-state index >= 15 is 0 Å². The second kappa shape index (κ2) is 5.94. The molecule has 1 saturated carbocycles. The molecule has 1 aromatic carbocycles. The first-order valence-electron chi connectivity index (χ1n) is 5.89. The molecule has 4 heteroatoms. The summed E-state index contributed by atoms with van der Waals surface area (Å²) in [5.41, 5.74) is 2.51. The number of nitrogens with one attached hydrogen (secondary N) is 1.